The molecule has 3 nitrogen and oxygen atoms in total. The lowest BCUT2D eigenvalue weighted by Crippen LogP contribution is -2.15. The maximum atomic E-state index is 12.5. The molecular formula is C19H21NO2. The Morgan fingerprint density at radius 2 is 1.95 bits per heavy atom. The Labute approximate surface area is 131 Å². The fourth-order valence-corrected chi connectivity index (χ4v) is 3.06. The Morgan fingerprint density at radius 3 is 2.82 bits per heavy atom. The number of aryl methyl sites for hydroxylation is 1. The van der Waals surface area contributed by atoms with Crippen LogP contribution in [0.2, 0.25) is 0 Å². The number of rotatable bonds is 4. The molecule has 0 bridgehead atoms. The topological polar surface area (TPSA) is 38.3 Å². The Morgan fingerprint density at radius 1 is 1.14 bits per heavy atom. The highest BCUT2D eigenvalue weighted by molar-refractivity contribution is 6.04. The van der Waals surface area contributed by atoms with Crippen LogP contribution in [0.1, 0.15) is 39.9 Å². The first-order valence-corrected chi connectivity index (χ1v) is 7.78. The zero-order valence-corrected chi connectivity index (χ0v) is 12.9. The molecule has 114 valence electrons. The highest BCUT2D eigenvalue weighted by Crippen LogP contribution is 2.28. The third-order valence-electron chi connectivity index (χ3n) is 4.14. The summed E-state index contributed by atoms with van der Waals surface area (Å²) in [5.41, 5.74) is 5.31. The molecule has 3 rings (SSSR count). The van der Waals surface area contributed by atoms with E-state index in [0.29, 0.717) is 12.2 Å². The highest BCUT2D eigenvalue weighted by Gasteiger charge is 2.15. The average Bonchev–Trinajstić information content (AvgIpc) is 2.56. The Hall–Kier alpha value is -2.13. The number of nitrogens with one attached hydrogen (secondary N) is 1. The van der Waals surface area contributed by atoms with E-state index in [4.69, 9.17) is 4.74 Å². The molecule has 0 heterocycles. The molecular weight excluding hydrogens is 274 g/mol. The van der Waals surface area contributed by atoms with Crippen molar-refractivity contribution in [2.75, 3.05) is 12.4 Å². The van der Waals surface area contributed by atoms with Crippen molar-refractivity contribution >= 4 is 11.6 Å². The van der Waals surface area contributed by atoms with Crippen molar-refractivity contribution in [3.63, 3.8) is 0 Å². The minimum absolute atomic E-state index is 0.0584. The van der Waals surface area contributed by atoms with Crippen molar-refractivity contribution in [3.8, 4) is 0 Å². The largest absolute Gasteiger partial charge is 0.380 e. The molecule has 1 aliphatic carbocycles. The van der Waals surface area contributed by atoms with Crippen molar-refractivity contribution < 1.29 is 9.53 Å². The zero-order chi connectivity index (χ0) is 15.4. The van der Waals surface area contributed by atoms with E-state index >= 15 is 0 Å². The van der Waals surface area contributed by atoms with Gasteiger partial charge in [0.15, 0.2) is 0 Å². The number of methoxy groups -OCH3 is 1. The van der Waals surface area contributed by atoms with E-state index in [2.05, 4.69) is 11.4 Å². The summed E-state index contributed by atoms with van der Waals surface area (Å²) in [6.45, 7) is 0.516. The Kier molecular flexibility index (Phi) is 4.54. The van der Waals surface area contributed by atoms with Crippen LogP contribution in [-0.2, 0) is 24.2 Å². The summed E-state index contributed by atoms with van der Waals surface area (Å²) in [5, 5.41) is 3.08. The predicted molar refractivity (Wildman–Crippen MR) is 88.2 cm³/mol. The molecule has 0 saturated heterocycles. The first-order chi connectivity index (χ1) is 10.8. The molecule has 1 aliphatic rings. The van der Waals surface area contributed by atoms with Crippen LogP contribution in [0.4, 0.5) is 5.69 Å². The second-order valence-corrected chi connectivity index (χ2v) is 5.74. The minimum Gasteiger partial charge on any atom is -0.380 e. The smallest absolute Gasteiger partial charge is 0.255 e. The first kappa shape index (κ1) is 14.8. The second kappa shape index (κ2) is 6.75. The molecule has 0 aromatic heterocycles. The third kappa shape index (κ3) is 3.20. The quantitative estimate of drug-likeness (QED) is 0.927. The summed E-state index contributed by atoms with van der Waals surface area (Å²) in [6.07, 6.45) is 4.60. The summed E-state index contributed by atoms with van der Waals surface area (Å²) >= 11 is 0. The van der Waals surface area contributed by atoms with Gasteiger partial charge in [0.05, 0.1) is 6.61 Å². The molecule has 3 heteroatoms. The lowest BCUT2D eigenvalue weighted by atomic mass is 9.90. The van der Waals surface area contributed by atoms with Gasteiger partial charge in [-0.3, -0.25) is 4.79 Å². The number of anilines is 1. The first-order valence-electron chi connectivity index (χ1n) is 7.78. The summed E-state index contributed by atoms with van der Waals surface area (Å²) in [7, 11) is 1.66. The number of fused-ring (bicyclic) bond motifs is 1. The van der Waals surface area contributed by atoms with Crippen LogP contribution < -0.4 is 5.32 Å². The molecule has 2 aromatic rings. The summed E-state index contributed by atoms with van der Waals surface area (Å²) in [6, 6.07) is 13.8. The molecule has 0 atom stereocenters. The lowest BCUT2D eigenvalue weighted by Gasteiger charge is -2.19. The zero-order valence-electron chi connectivity index (χ0n) is 12.9. The van der Waals surface area contributed by atoms with Crippen molar-refractivity contribution in [1.29, 1.82) is 0 Å². The number of amides is 1. The second-order valence-electron chi connectivity index (χ2n) is 5.74. The van der Waals surface area contributed by atoms with Crippen LogP contribution in [-0.4, -0.2) is 13.0 Å². The van der Waals surface area contributed by atoms with E-state index < -0.39 is 0 Å². The number of hydrogen-bond donors (Lipinski definition) is 1. The summed E-state index contributed by atoms with van der Waals surface area (Å²) in [5.74, 6) is -0.0584. The van der Waals surface area contributed by atoms with Gasteiger partial charge < -0.3 is 10.1 Å². The summed E-state index contributed by atoms with van der Waals surface area (Å²) < 4.78 is 5.12. The third-order valence-corrected chi connectivity index (χ3v) is 4.14. The fraction of sp³-hybridized carbons (Fsp3) is 0.316. The lowest BCUT2D eigenvalue weighted by molar-refractivity contribution is 0.102. The molecule has 0 unspecified atom stereocenters. The monoisotopic (exact) mass is 295 g/mol. The molecule has 1 N–H and O–H groups in total. The number of benzene rings is 2. The van der Waals surface area contributed by atoms with Gasteiger partial charge in [0.2, 0.25) is 0 Å². The summed E-state index contributed by atoms with van der Waals surface area (Å²) in [4.78, 5) is 12.5. The maximum absolute atomic E-state index is 12.5. The number of carbonyl (C=O) groups excluding carboxylic acids is 1. The standard InChI is InChI=1S/C19H21NO2/c1-22-13-14-6-4-9-16(12-14)19(21)20-18-11-5-8-15-7-2-3-10-17(15)18/h4-6,8-9,11-12H,2-3,7,10,13H2,1H3,(H,20,21). The van der Waals surface area contributed by atoms with Gasteiger partial charge in [-0.2, -0.15) is 0 Å². The van der Waals surface area contributed by atoms with Crippen LogP contribution in [0.5, 0.6) is 0 Å². The molecule has 0 saturated carbocycles. The van der Waals surface area contributed by atoms with E-state index in [-0.39, 0.29) is 5.91 Å². The molecule has 0 spiro atoms. The van der Waals surface area contributed by atoms with Gasteiger partial charge in [-0.1, -0.05) is 24.3 Å². The fourth-order valence-electron chi connectivity index (χ4n) is 3.06. The molecule has 0 radical (unpaired) electrons. The van der Waals surface area contributed by atoms with Crippen LogP contribution in [0, 0.1) is 0 Å². The van der Waals surface area contributed by atoms with Gasteiger partial charge in [0, 0.05) is 18.4 Å². The molecule has 0 fully saturated rings. The van der Waals surface area contributed by atoms with E-state index in [1.165, 1.54) is 24.0 Å². The number of ether oxygens (including phenoxy) is 1. The highest BCUT2D eigenvalue weighted by atomic mass is 16.5. The number of hydrogen-bond acceptors (Lipinski definition) is 2. The van der Waals surface area contributed by atoms with Gasteiger partial charge >= 0.3 is 0 Å². The van der Waals surface area contributed by atoms with Crippen molar-refractivity contribution in [2.45, 2.75) is 32.3 Å². The van der Waals surface area contributed by atoms with Gasteiger partial charge in [-0.05, 0) is 60.6 Å². The van der Waals surface area contributed by atoms with Gasteiger partial charge in [0.1, 0.15) is 0 Å². The molecule has 0 aliphatic heterocycles. The van der Waals surface area contributed by atoms with Gasteiger partial charge in [-0.15, -0.1) is 0 Å². The van der Waals surface area contributed by atoms with Gasteiger partial charge in [0.25, 0.3) is 5.91 Å². The van der Waals surface area contributed by atoms with Crippen LogP contribution in [0.3, 0.4) is 0 Å². The van der Waals surface area contributed by atoms with Crippen LogP contribution >= 0.6 is 0 Å². The van der Waals surface area contributed by atoms with E-state index in [0.717, 1.165) is 24.1 Å². The molecule has 22 heavy (non-hydrogen) atoms. The average molecular weight is 295 g/mol. The SMILES string of the molecule is COCc1cccc(C(=O)Nc2cccc3c2CCCC3)c1. The van der Waals surface area contributed by atoms with E-state index in [9.17, 15) is 4.79 Å². The number of carbonyl (C=O) groups is 1. The molecule has 2 aromatic carbocycles. The maximum Gasteiger partial charge on any atom is 0.255 e. The van der Waals surface area contributed by atoms with E-state index in [1.807, 2.05) is 36.4 Å². The van der Waals surface area contributed by atoms with Crippen LogP contribution in [0.25, 0.3) is 0 Å². The van der Waals surface area contributed by atoms with Crippen molar-refractivity contribution in [2.24, 2.45) is 0 Å². The van der Waals surface area contributed by atoms with Crippen molar-refractivity contribution in [1.82, 2.24) is 0 Å². The predicted octanol–water partition coefficient (Wildman–Crippen LogP) is 3.96. The van der Waals surface area contributed by atoms with Crippen molar-refractivity contribution in [3.05, 3.63) is 64.7 Å². The Bertz CT molecular complexity index is 679. The van der Waals surface area contributed by atoms with Gasteiger partial charge in [-0.25, -0.2) is 0 Å². The Balaban J connectivity index is 1.81. The molecule has 1 amide bonds. The van der Waals surface area contributed by atoms with E-state index in [1.54, 1.807) is 7.11 Å². The minimum atomic E-state index is -0.0584. The van der Waals surface area contributed by atoms with Crippen LogP contribution in [0.15, 0.2) is 42.5 Å². The normalized spacial score (nSPS) is 13.5.